The number of aliphatic carboxylic acids is 1. The fourth-order valence-electron chi connectivity index (χ4n) is 2.66. The second-order valence-electron chi connectivity index (χ2n) is 5.97. The van der Waals surface area contributed by atoms with Crippen LogP contribution < -0.4 is 5.32 Å². The van der Waals surface area contributed by atoms with E-state index >= 15 is 0 Å². The summed E-state index contributed by atoms with van der Waals surface area (Å²) in [5, 5.41) is 11.9. The van der Waals surface area contributed by atoms with Gasteiger partial charge in [-0.05, 0) is 32.4 Å². The van der Waals surface area contributed by atoms with Crippen molar-refractivity contribution in [3.63, 3.8) is 0 Å². The molecule has 1 aliphatic rings. The first-order chi connectivity index (χ1) is 9.38. The van der Waals surface area contributed by atoms with Crippen LogP contribution in [-0.4, -0.2) is 38.7 Å². The van der Waals surface area contributed by atoms with Gasteiger partial charge in [-0.15, -0.1) is 0 Å². The van der Waals surface area contributed by atoms with Gasteiger partial charge in [-0.1, -0.05) is 19.8 Å². The molecule has 116 valence electrons. The molecule has 6 heteroatoms. The summed E-state index contributed by atoms with van der Waals surface area (Å²) in [6.45, 7) is 8.58. The van der Waals surface area contributed by atoms with Gasteiger partial charge in [0, 0.05) is 6.61 Å². The third-order valence-electron chi connectivity index (χ3n) is 4.01. The summed E-state index contributed by atoms with van der Waals surface area (Å²) in [5.41, 5.74) is 0. The molecular formula is C14H27NO4Si. The van der Waals surface area contributed by atoms with E-state index in [9.17, 15) is 9.59 Å². The van der Waals surface area contributed by atoms with Crippen LogP contribution in [0, 0.1) is 17.8 Å². The molecule has 1 fully saturated rings. The molecule has 0 aromatic rings. The first kappa shape index (κ1) is 17.2. The number of unbranched alkanes of at least 4 members (excludes halogenated alkanes) is 1. The zero-order valence-corrected chi connectivity index (χ0v) is 14.0. The summed E-state index contributed by atoms with van der Waals surface area (Å²) in [6.07, 6.45) is 3.05. The summed E-state index contributed by atoms with van der Waals surface area (Å²) >= 11 is 0. The fourth-order valence-corrected chi connectivity index (χ4v) is 3.30. The van der Waals surface area contributed by atoms with Crippen molar-refractivity contribution >= 4 is 20.9 Å². The van der Waals surface area contributed by atoms with E-state index in [0.717, 1.165) is 19.3 Å². The van der Waals surface area contributed by atoms with E-state index in [1.165, 1.54) is 0 Å². The van der Waals surface area contributed by atoms with Crippen molar-refractivity contribution in [3.05, 3.63) is 0 Å². The van der Waals surface area contributed by atoms with Gasteiger partial charge in [0.25, 0.3) is 0 Å². The molecule has 0 bridgehead atoms. The molecule has 1 aliphatic heterocycles. The minimum absolute atomic E-state index is 0.0155. The summed E-state index contributed by atoms with van der Waals surface area (Å²) < 4.78 is 5.81. The Hall–Kier alpha value is -0.883. The molecule has 0 unspecified atom stereocenters. The van der Waals surface area contributed by atoms with Crippen LogP contribution in [0.4, 0.5) is 0 Å². The Bertz CT molecular complexity index is 348. The number of carboxylic acid groups (broad SMARTS) is 1. The van der Waals surface area contributed by atoms with Crippen molar-refractivity contribution < 1.29 is 19.1 Å². The number of carbonyl (C=O) groups is 2. The molecular weight excluding hydrogens is 274 g/mol. The van der Waals surface area contributed by atoms with Gasteiger partial charge in [0.2, 0.25) is 5.91 Å². The van der Waals surface area contributed by atoms with Gasteiger partial charge in [0.05, 0.1) is 17.9 Å². The minimum atomic E-state index is -1.12. The molecule has 20 heavy (non-hydrogen) atoms. The fraction of sp³-hybridized carbons (Fsp3) is 0.857. The maximum atomic E-state index is 11.9. The highest BCUT2D eigenvalue weighted by Gasteiger charge is 2.48. The number of β-lactam (4-membered cyclic amide) rings is 1. The van der Waals surface area contributed by atoms with Gasteiger partial charge in [0.1, 0.15) is 0 Å². The van der Waals surface area contributed by atoms with E-state index < -0.39 is 20.9 Å². The predicted octanol–water partition coefficient (Wildman–Crippen LogP) is 1.63. The number of carbonyl (C=O) groups excluding carboxylic acids is 1. The van der Waals surface area contributed by atoms with Crippen LogP contribution in [0.25, 0.3) is 0 Å². The SMILES string of the molecule is CCCC[C@@H](CO[SiH](C)C)[C@@H]1C(=O)N[C@@H]1[C@@H](C)C(=O)O. The lowest BCUT2D eigenvalue weighted by Crippen LogP contribution is -2.65. The third kappa shape index (κ3) is 4.31. The molecule has 1 heterocycles. The lowest BCUT2D eigenvalue weighted by molar-refractivity contribution is -0.150. The van der Waals surface area contributed by atoms with Crippen LogP contribution in [0.15, 0.2) is 0 Å². The first-order valence-corrected chi connectivity index (χ1v) is 10.3. The smallest absolute Gasteiger partial charge is 0.308 e. The van der Waals surface area contributed by atoms with Crippen molar-refractivity contribution in [2.45, 2.75) is 52.2 Å². The average molecular weight is 301 g/mol. The Morgan fingerprint density at radius 1 is 1.50 bits per heavy atom. The molecule has 0 saturated carbocycles. The number of amides is 1. The highest BCUT2D eigenvalue weighted by Crippen LogP contribution is 2.32. The zero-order chi connectivity index (χ0) is 15.3. The van der Waals surface area contributed by atoms with Gasteiger partial charge >= 0.3 is 5.97 Å². The summed E-state index contributed by atoms with van der Waals surface area (Å²) in [6, 6.07) is -0.251. The van der Waals surface area contributed by atoms with Gasteiger partial charge in [-0.3, -0.25) is 9.59 Å². The topological polar surface area (TPSA) is 75.6 Å². The third-order valence-corrected chi connectivity index (χ3v) is 4.87. The van der Waals surface area contributed by atoms with E-state index in [2.05, 4.69) is 25.3 Å². The Balaban J connectivity index is 2.70. The number of hydrogen-bond acceptors (Lipinski definition) is 3. The molecule has 0 spiro atoms. The van der Waals surface area contributed by atoms with Gasteiger partial charge < -0.3 is 14.8 Å². The second kappa shape index (κ2) is 7.78. The maximum Gasteiger partial charge on any atom is 0.308 e. The van der Waals surface area contributed by atoms with E-state index in [1.807, 2.05) is 0 Å². The second-order valence-corrected chi connectivity index (χ2v) is 8.40. The highest BCUT2D eigenvalue weighted by atomic mass is 28.3. The van der Waals surface area contributed by atoms with Gasteiger partial charge in [-0.2, -0.15) is 0 Å². The lowest BCUT2D eigenvalue weighted by atomic mass is 9.73. The molecule has 2 N–H and O–H groups in total. The van der Waals surface area contributed by atoms with Crippen molar-refractivity contribution in [2.24, 2.45) is 17.8 Å². The lowest BCUT2D eigenvalue weighted by Gasteiger charge is -2.43. The Morgan fingerprint density at radius 2 is 2.15 bits per heavy atom. The predicted molar refractivity (Wildman–Crippen MR) is 80.1 cm³/mol. The highest BCUT2D eigenvalue weighted by molar-refractivity contribution is 6.48. The van der Waals surface area contributed by atoms with Crippen molar-refractivity contribution in [1.29, 1.82) is 0 Å². The quantitative estimate of drug-likeness (QED) is 0.501. The largest absolute Gasteiger partial charge is 0.481 e. The maximum absolute atomic E-state index is 11.9. The number of nitrogens with one attached hydrogen (secondary N) is 1. The summed E-state index contributed by atoms with van der Waals surface area (Å²) in [4.78, 5) is 23.0. The monoisotopic (exact) mass is 301 g/mol. The van der Waals surface area contributed by atoms with Crippen LogP contribution in [0.1, 0.15) is 33.1 Å². The van der Waals surface area contributed by atoms with Crippen molar-refractivity contribution in [1.82, 2.24) is 5.32 Å². The van der Waals surface area contributed by atoms with Crippen molar-refractivity contribution in [2.75, 3.05) is 6.61 Å². The molecule has 0 aliphatic carbocycles. The Kier molecular flexibility index (Phi) is 6.68. The standard InChI is InChI=1S/C14H27NO4Si/c1-5-6-7-10(8-19-20(3)4)11-12(15-13(11)16)9(2)14(17)18/h9-12,20H,5-8H2,1-4H3,(H,15,16)(H,17,18)/t9-,10+,11+,12-/m1/s1. The van der Waals surface area contributed by atoms with Crippen LogP contribution in [0.2, 0.25) is 13.1 Å². The Labute approximate surface area is 122 Å². The van der Waals surface area contributed by atoms with E-state index in [1.54, 1.807) is 6.92 Å². The van der Waals surface area contributed by atoms with Crippen LogP contribution in [0.5, 0.6) is 0 Å². The van der Waals surface area contributed by atoms with Gasteiger partial charge in [0.15, 0.2) is 9.04 Å². The van der Waals surface area contributed by atoms with Gasteiger partial charge in [-0.25, -0.2) is 0 Å². The van der Waals surface area contributed by atoms with E-state index in [4.69, 9.17) is 9.53 Å². The molecule has 4 atom stereocenters. The van der Waals surface area contributed by atoms with Crippen molar-refractivity contribution in [3.8, 4) is 0 Å². The molecule has 1 saturated heterocycles. The van der Waals surface area contributed by atoms with Crippen LogP contribution >= 0.6 is 0 Å². The van der Waals surface area contributed by atoms with Crippen LogP contribution in [0.3, 0.4) is 0 Å². The molecule has 0 aromatic carbocycles. The number of rotatable bonds is 9. The Morgan fingerprint density at radius 3 is 2.60 bits per heavy atom. The van der Waals surface area contributed by atoms with E-state index in [-0.39, 0.29) is 23.8 Å². The van der Waals surface area contributed by atoms with Crippen LogP contribution in [-0.2, 0) is 14.0 Å². The average Bonchev–Trinajstić information content (AvgIpc) is 2.37. The van der Waals surface area contributed by atoms with E-state index in [0.29, 0.717) is 6.61 Å². The summed E-state index contributed by atoms with van der Waals surface area (Å²) in [7, 11) is -1.12. The molecule has 0 radical (unpaired) electrons. The minimum Gasteiger partial charge on any atom is -0.481 e. The first-order valence-electron chi connectivity index (χ1n) is 7.53. The zero-order valence-electron chi connectivity index (χ0n) is 12.9. The normalized spacial score (nSPS) is 24.9. The molecule has 0 aromatic heterocycles. The summed E-state index contributed by atoms with van der Waals surface area (Å²) in [5.74, 6) is -1.48. The molecule has 1 amide bonds. The number of hydrogen-bond donors (Lipinski definition) is 2. The number of carboxylic acids is 1. The molecule has 1 rings (SSSR count). The molecule has 5 nitrogen and oxygen atoms in total.